The van der Waals surface area contributed by atoms with Crippen LogP contribution in [0.25, 0.3) is 0 Å². The van der Waals surface area contributed by atoms with Crippen molar-refractivity contribution in [2.24, 2.45) is 0 Å². The van der Waals surface area contributed by atoms with Crippen molar-refractivity contribution in [2.75, 3.05) is 28.4 Å². The maximum atomic E-state index is 13.1. The fraction of sp³-hybridized carbons (Fsp3) is 0.261. The molecule has 2 aromatic carbocycles. The first-order chi connectivity index (χ1) is 15.1. The lowest BCUT2D eigenvalue weighted by atomic mass is 9.82. The Hall–Kier alpha value is -3.10. The molecule has 0 fully saturated rings. The van der Waals surface area contributed by atoms with E-state index >= 15 is 0 Å². The van der Waals surface area contributed by atoms with E-state index in [0.717, 1.165) is 22.9 Å². The molecule has 0 bridgehead atoms. The maximum absolute atomic E-state index is 13.1. The topological polar surface area (TPSA) is 79.8 Å². The van der Waals surface area contributed by atoms with E-state index in [-0.39, 0.29) is 0 Å². The summed E-state index contributed by atoms with van der Waals surface area (Å²) in [5.74, 6) is 0.158. The van der Waals surface area contributed by atoms with Gasteiger partial charge in [0.15, 0.2) is 5.16 Å². The van der Waals surface area contributed by atoms with Crippen LogP contribution in [0.4, 0.5) is 0 Å². The van der Waals surface area contributed by atoms with Crippen molar-refractivity contribution in [3.05, 3.63) is 77.9 Å². The second-order valence-corrected chi connectivity index (χ2v) is 7.50. The molecule has 0 saturated heterocycles. The van der Waals surface area contributed by atoms with Crippen LogP contribution in [0.1, 0.15) is 11.1 Å². The molecule has 1 atom stereocenters. The van der Waals surface area contributed by atoms with Gasteiger partial charge in [-0.3, -0.25) is 4.79 Å². The number of carbonyl (C=O) groups excluding carboxylic acids is 1. The highest BCUT2D eigenvalue weighted by Gasteiger charge is 2.48. The second-order valence-electron chi connectivity index (χ2n) is 6.43. The zero-order valence-corrected chi connectivity index (χ0v) is 18.6. The summed E-state index contributed by atoms with van der Waals surface area (Å²) in [5.41, 5.74) is 0.419. The predicted octanol–water partition coefficient (Wildman–Crippen LogP) is 3.72. The van der Waals surface area contributed by atoms with Gasteiger partial charge in [0.05, 0.1) is 27.4 Å². The van der Waals surface area contributed by atoms with Crippen LogP contribution in [0, 0.1) is 0 Å². The minimum atomic E-state index is -1.17. The minimum Gasteiger partial charge on any atom is -0.481 e. The van der Waals surface area contributed by atoms with Crippen LogP contribution < -0.4 is 9.47 Å². The van der Waals surface area contributed by atoms with Crippen LogP contribution in [-0.4, -0.2) is 49.6 Å². The second kappa shape index (κ2) is 10.3. The Bertz CT molecular complexity index is 940. The first-order valence-corrected chi connectivity index (χ1v) is 10.3. The number of esters is 1. The van der Waals surface area contributed by atoms with Gasteiger partial charge in [0.25, 0.3) is 0 Å². The number of nitrogens with zero attached hydrogens (tertiary/aromatic N) is 2. The number of methoxy groups -OCH3 is 4. The number of carbonyl (C=O) groups is 1. The Morgan fingerprint density at radius 1 is 0.839 bits per heavy atom. The summed E-state index contributed by atoms with van der Waals surface area (Å²) < 4.78 is 21.8. The standard InChI is InChI=1S/C23H24N2O5S/c1-27-18-15-19(28-2)25-22(24-18)31-20(21(26)29-3)23(30-4,16-11-7-5-8-12-16)17-13-9-6-10-14-17/h5-15,20H,1-4H3. The quantitative estimate of drug-likeness (QED) is 0.283. The third kappa shape index (κ3) is 4.65. The molecule has 31 heavy (non-hydrogen) atoms. The van der Waals surface area contributed by atoms with Gasteiger partial charge in [-0.15, -0.1) is 0 Å². The van der Waals surface area contributed by atoms with Crippen LogP contribution in [0.15, 0.2) is 71.9 Å². The normalized spacial score (nSPS) is 12.1. The van der Waals surface area contributed by atoms with Gasteiger partial charge in [-0.2, -0.15) is 9.97 Å². The summed E-state index contributed by atoms with van der Waals surface area (Å²) in [7, 11) is 5.92. The van der Waals surface area contributed by atoms with E-state index in [0.29, 0.717) is 16.9 Å². The molecule has 1 unspecified atom stereocenters. The average Bonchev–Trinajstić information content (AvgIpc) is 2.84. The molecule has 3 rings (SSSR count). The van der Waals surface area contributed by atoms with Crippen molar-refractivity contribution in [3.63, 3.8) is 0 Å². The molecule has 0 amide bonds. The molecule has 0 aliphatic heterocycles. The summed E-state index contributed by atoms with van der Waals surface area (Å²) in [6.07, 6.45) is 0. The molecular formula is C23H24N2O5S. The summed E-state index contributed by atoms with van der Waals surface area (Å²) in [6.45, 7) is 0. The highest BCUT2D eigenvalue weighted by molar-refractivity contribution is 8.00. The average molecular weight is 441 g/mol. The Balaban J connectivity index is 2.21. The van der Waals surface area contributed by atoms with E-state index in [1.54, 1.807) is 13.2 Å². The first-order valence-electron chi connectivity index (χ1n) is 9.46. The highest BCUT2D eigenvalue weighted by Crippen LogP contribution is 2.44. The number of hydrogen-bond acceptors (Lipinski definition) is 8. The minimum absolute atomic E-state index is 0.292. The number of rotatable bonds is 9. The van der Waals surface area contributed by atoms with Crippen molar-refractivity contribution in [1.82, 2.24) is 9.97 Å². The molecule has 0 radical (unpaired) electrons. The van der Waals surface area contributed by atoms with Crippen LogP contribution in [-0.2, 0) is 19.9 Å². The maximum Gasteiger partial charge on any atom is 0.323 e. The molecule has 0 N–H and O–H groups in total. The Morgan fingerprint density at radius 3 is 1.71 bits per heavy atom. The molecule has 7 nitrogen and oxygen atoms in total. The Labute approximate surface area is 185 Å². The SMILES string of the molecule is COC(=O)C(Sc1nc(OC)cc(OC)n1)C(OC)(c1ccccc1)c1ccccc1. The third-order valence-corrected chi connectivity index (χ3v) is 5.97. The molecule has 162 valence electrons. The van der Waals surface area contributed by atoms with E-state index in [2.05, 4.69) is 9.97 Å². The zero-order valence-electron chi connectivity index (χ0n) is 17.8. The lowest BCUT2D eigenvalue weighted by Crippen LogP contribution is -2.46. The fourth-order valence-electron chi connectivity index (χ4n) is 3.34. The molecular weight excluding hydrogens is 416 g/mol. The number of benzene rings is 2. The molecule has 0 aliphatic rings. The van der Waals surface area contributed by atoms with Crippen LogP contribution in [0.5, 0.6) is 11.8 Å². The van der Waals surface area contributed by atoms with Crippen LogP contribution in [0.3, 0.4) is 0 Å². The highest BCUT2D eigenvalue weighted by atomic mass is 32.2. The van der Waals surface area contributed by atoms with Gasteiger partial charge in [-0.1, -0.05) is 72.4 Å². The third-order valence-electron chi connectivity index (χ3n) is 4.81. The van der Waals surface area contributed by atoms with Gasteiger partial charge in [-0.25, -0.2) is 0 Å². The van der Waals surface area contributed by atoms with E-state index in [1.807, 2.05) is 60.7 Å². The van der Waals surface area contributed by atoms with Gasteiger partial charge >= 0.3 is 5.97 Å². The molecule has 1 heterocycles. The Kier molecular flexibility index (Phi) is 7.49. The fourth-order valence-corrected chi connectivity index (χ4v) is 4.56. The van der Waals surface area contributed by atoms with Gasteiger partial charge in [0.2, 0.25) is 11.8 Å². The van der Waals surface area contributed by atoms with Crippen molar-refractivity contribution in [1.29, 1.82) is 0 Å². The van der Waals surface area contributed by atoms with Gasteiger partial charge in [0.1, 0.15) is 10.9 Å². The zero-order chi connectivity index (χ0) is 22.3. The number of thioether (sulfide) groups is 1. The van der Waals surface area contributed by atoms with Gasteiger partial charge < -0.3 is 18.9 Å². The summed E-state index contributed by atoms with van der Waals surface area (Å²) in [4.78, 5) is 21.9. The number of aromatic nitrogens is 2. The summed E-state index contributed by atoms with van der Waals surface area (Å²) in [5, 5.41) is -0.580. The molecule has 3 aromatic rings. The summed E-state index contributed by atoms with van der Waals surface area (Å²) in [6, 6.07) is 20.6. The van der Waals surface area contributed by atoms with E-state index in [1.165, 1.54) is 21.3 Å². The Morgan fingerprint density at radius 2 is 1.32 bits per heavy atom. The smallest absolute Gasteiger partial charge is 0.323 e. The van der Waals surface area contributed by atoms with Gasteiger partial charge in [0, 0.05) is 7.11 Å². The number of ether oxygens (including phenoxy) is 4. The largest absolute Gasteiger partial charge is 0.481 e. The van der Waals surface area contributed by atoms with E-state index in [4.69, 9.17) is 18.9 Å². The predicted molar refractivity (Wildman–Crippen MR) is 117 cm³/mol. The molecule has 1 aromatic heterocycles. The van der Waals surface area contributed by atoms with Crippen LogP contribution in [0.2, 0.25) is 0 Å². The van der Waals surface area contributed by atoms with Crippen molar-refractivity contribution in [2.45, 2.75) is 16.0 Å². The lowest BCUT2D eigenvalue weighted by Gasteiger charge is -2.38. The van der Waals surface area contributed by atoms with Crippen molar-refractivity contribution in [3.8, 4) is 11.8 Å². The molecule has 0 aliphatic carbocycles. The molecule has 0 spiro atoms. The van der Waals surface area contributed by atoms with Gasteiger partial charge in [-0.05, 0) is 11.1 Å². The lowest BCUT2D eigenvalue weighted by molar-refractivity contribution is -0.145. The van der Waals surface area contributed by atoms with Crippen LogP contribution >= 0.6 is 11.8 Å². The van der Waals surface area contributed by atoms with Crippen molar-refractivity contribution >= 4 is 17.7 Å². The first kappa shape index (κ1) is 22.6. The van der Waals surface area contributed by atoms with E-state index in [9.17, 15) is 4.79 Å². The van der Waals surface area contributed by atoms with E-state index < -0.39 is 16.8 Å². The number of hydrogen-bond donors (Lipinski definition) is 0. The molecule has 8 heteroatoms. The van der Waals surface area contributed by atoms with Crippen molar-refractivity contribution < 1.29 is 23.7 Å². The molecule has 0 saturated carbocycles. The monoisotopic (exact) mass is 440 g/mol. The summed E-state index contributed by atoms with van der Waals surface area (Å²) >= 11 is 1.12.